The maximum Gasteiger partial charge on any atom is 0.222 e. The maximum atomic E-state index is 13.0. The van der Waals surface area contributed by atoms with Crippen molar-refractivity contribution in [2.45, 2.75) is 97.4 Å². The first-order valence-electron chi connectivity index (χ1n) is 13.2. The van der Waals surface area contributed by atoms with E-state index in [9.17, 15) is 4.79 Å². The molecule has 0 atom stereocenters. The van der Waals surface area contributed by atoms with Gasteiger partial charge in [0.1, 0.15) is 5.82 Å². The van der Waals surface area contributed by atoms with Crippen molar-refractivity contribution in [1.82, 2.24) is 9.88 Å². The minimum atomic E-state index is 0.320. The lowest BCUT2D eigenvalue weighted by Gasteiger charge is -2.23. The minimum Gasteiger partial charge on any atom is -0.370 e. The van der Waals surface area contributed by atoms with Gasteiger partial charge in [-0.15, -0.1) is 0 Å². The van der Waals surface area contributed by atoms with Gasteiger partial charge >= 0.3 is 0 Å². The summed E-state index contributed by atoms with van der Waals surface area (Å²) < 4.78 is 0. The predicted molar refractivity (Wildman–Crippen MR) is 140 cm³/mol. The zero-order valence-corrected chi connectivity index (χ0v) is 21.0. The Morgan fingerprint density at radius 3 is 2.27 bits per heavy atom. The Bertz CT molecular complexity index is 745. The molecule has 0 spiro atoms. The number of amides is 1. The van der Waals surface area contributed by atoms with Gasteiger partial charge < -0.3 is 10.2 Å². The topological polar surface area (TPSA) is 45.2 Å². The molecule has 0 aliphatic carbocycles. The number of nitrogens with zero attached hydrogens (tertiary/aromatic N) is 2. The highest BCUT2D eigenvalue weighted by atomic mass is 16.2. The third-order valence-electron chi connectivity index (χ3n) is 6.17. The molecular weight excluding hydrogens is 406 g/mol. The van der Waals surface area contributed by atoms with Gasteiger partial charge in [0.05, 0.1) is 0 Å². The quantitative estimate of drug-likeness (QED) is 0.238. The van der Waals surface area contributed by atoms with E-state index < -0.39 is 0 Å². The van der Waals surface area contributed by atoms with Crippen LogP contribution in [-0.2, 0) is 11.3 Å². The van der Waals surface area contributed by atoms with E-state index in [0.29, 0.717) is 12.3 Å². The van der Waals surface area contributed by atoms with E-state index in [4.69, 9.17) is 0 Å². The fourth-order valence-corrected chi connectivity index (χ4v) is 4.06. The lowest BCUT2D eigenvalue weighted by Crippen LogP contribution is -2.31. The van der Waals surface area contributed by atoms with Crippen molar-refractivity contribution in [3.8, 4) is 0 Å². The largest absolute Gasteiger partial charge is 0.370 e. The summed E-state index contributed by atoms with van der Waals surface area (Å²) in [5.74, 6) is 1.26. The van der Waals surface area contributed by atoms with Crippen molar-refractivity contribution < 1.29 is 4.79 Å². The number of aryl methyl sites for hydroxylation is 1. The Morgan fingerprint density at radius 1 is 0.848 bits per heavy atom. The van der Waals surface area contributed by atoms with Gasteiger partial charge in [0.2, 0.25) is 5.91 Å². The number of hydrogen-bond donors (Lipinski definition) is 1. The van der Waals surface area contributed by atoms with Crippen molar-refractivity contribution in [1.29, 1.82) is 0 Å². The zero-order valence-electron chi connectivity index (χ0n) is 21.0. The monoisotopic (exact) mass is 451 g/mol. The maximum absolute atomic E-state index is 13.0. The first-order chi connectivity index (χ1) is 16.2. The molecule has 1 amide bonds. The fourth-order valence-electron chi connectivity index (χ4n) is 4.06. The van der Waals surface area contributed by atoms with Gasteiger partial charge in [-0.05, 0) is 43.9 Å². The molecular formula is C29H45N3O. The number of pyridine rings is 1. The van der Waals surface area contributed by atoms with Crippen molar-refractivity contribution in [3.63, 3.8) is 0 Å². The molecule has 0 radical (unpaired) electrons. The summed E-state index contributed by atoms with van der Waals surface area (Å²) in [6, 6.07) is 14.5. The molecule has 1 heterocycles. The van der Waals surface area contributed by atoms with E-state index >= 15 is 0 Å². The molecule has 0 saturated carbocycles. The Morgan fingerprint density at radius 2 is 1.55 bits per heavy atom. The lowest BCUT2D eigenvalue weighted by molar-refractivity contribution is -0.132. The molecule has 0 aliphatic heterocycles. The fraction of sp³-hybridized carbons (Fsp3) is 0.586. The van der Waals surface area contributed by atoms with Crippen LogP contribution in [0.1, 0.15) is 95.1 Å². The Balaban J connectivity index is 1.69. The van der Waals surface area contributed by atoms with Crippen LogP contribution in [-0.4, -0.2) is 28.9 Å². The first kappa shape index (κ1) is 26.9. The zero-order chi connectivity index (χ0) is 23.6. The van der Waals surface area contributed by atoms with Gasteiger partial charge in [-0.3, -0.25) is 4.79 Å². The normalized spacial score (nSPS) is 10.8. The molecule has 0 unspecified atom stereocenters. The Kier molecular flexibility index (Phi) is 14.0. The summed E-state index contributed by atoms with van der Waals surface area (Å²) in [6.45, 7) is 6.89. The molecule has 2 rings (SSSR count). The van der Waals surface area contributed by atoms with E-state index in [0.717, 1.165) is 51.1 Å². The highest BCUT2D eigenvalue weighted by molar-refractivity contribution is 5.76. The van der Waals surface area contributed by atoms with E-state index in [1.807, 2.05) is 24.4 Å². The summed E-state index contributed by atoms with van der Waals surface area (Å²) in [5, 5.41) is 3.37. The average molecular weight is 452 g/mol. The molecule has 1 aromatic heterocycles. The van der Waals surface area contributed by atoms with Gasteiger partial charge in [-0.25, -0.2) is 4.98 Å². The SMILES string of the molecule is CCCCCCCCCC(=O)N(CCCCCCNc1ccccn1)Cc1ccc(C)cc1. The number of unbranched alkanes of at least 4 members (excludes halogenated alkanes) is 9. The summed E-state index contributed by atoms with van der Waals surface area (Å²) in [4.78, 5) is 19.4. The van der Waals surface area contributed by atoms with Crippen molar-refractivity contribution in [2.75, 3.05) is 18.4 Å². The summed E-state index contributed by atoms with van der Waals surface area (Å²) in [6.07, 6.45) is 15.7. The standard InChI is InChI=1S/C29H45N3O/c1-3-4-5-6-7-8-11-17-29(33)32(25-27-20-18-26(2)19-21-27)24-15-10-9-13-22-30-28-16-12-14-23-31-28/h12,14,16,18-21,23H,3-11,13,15,17,22,24-25H2,1-2H3,(H,30,31). The molecule has 1 aromatic carbocycles. The van der Waals surface area contributed by atoms with Crippen LogP contribution in [0.15, 0.2) is 48.7 Å². The molecule has 0 bridgehead atoms. The van der Waals surface area contributed by atoms with Crippen molar-refractivity contribution in [3.05, 3.63) is 59.8 Å². The molecule has 0 aliphatic rings. The molecule has 1 N–H and O–H groups in total. The highest BCUT2D eigenvalue weighted by Gasteiger charge is 2.13. The second-order valence-electron chi connectivity index (χ2n) is 9.23. The van der Waals surface area contributed by atoms with Crippen LogP contribution >= 0.6 is 0 Å². The second-order valence-corrected chi connectivity index (χ2v) is 9.23. The van der Waals surface area contributed by atoms with E-state index in [1.54, 1.807) is 0 Å². The summed E-state index contributed by atoms with van der Waals surface area (Å²) in [5.41, 5.74) is 2.49. The van der Waals surface area contributed by atoms with E-state index in [2.05, 4.69) is 53.3 Å². The summed E-state index contributed by atoms with van der Waals surface area (Å²) in [7, 11) is 0. The van der Waals surface area contributed by atoms with Crippen LogP contribution in [0.5, 0.6) is 0 Å². The predicted octanol–water partition coefficient (Wildman–Crippen LogP) is 7.53. The lowest BCUT2D eigenvalue weighted by atomic mass is 10.1. The number of anilines is 1. The number of nitrogens with one attached hydrogen (secondary N) is 1. The average Bonchev–Trinajstić information content (AvgIpc) is 2.84. The smallest absolute Gasteiger partial charge is 0.222 e. The molecule has 33 heavy (non-hydrogen) atoms. The van der Waals surface area contributed by atoms with Crippen LogP contribution in [0, 0.1) is 6.92 Å². The van der Waals surface area contributed by atoms with Crippen LogP contribution in [0.3, 0.4) is 0 Å². The number of carbonyl (C=O) groups is 1. The van der Waals surface area contributed by atoms with Crippen LogP contribution < -0.4 is 5.32 Å². The number of benzene rings is 1. The highest BCUT2D eigenvalue weighted by Crippen LogP contribution is 2.14. The van der Waals surface area contributed by atoms with Crippen molar-refractivity contribution in [2.24, 2.45) is 0 Å². The molecule has 4 nitrogen and oxygen atoms in total. The van der Waals surface area contributed by atoms with Crippen LogP contribution in [0.4, 0.5) is 5.82 Å². The Hall–Kier alpha value is -2.36. The van der Waals surface area contributed by atoms with Crippen molar-refractivity contribution >= 4 is 11.7 Å². The van der Waals surface area contributed by atoms with E-state index in [1.165, 1.54) is 56.1 Å². The van der Waals surface area contributed by atoms with Gasteiger partial charge in [0, 0.05) is 32.3 Å². The third kappa shape index (κ3) is 12.5. The molecule has 4 heteroatoms. The third-order valence-corrected chi connectivity index (χ3v) is 6.17. The number of rotatable bonds is 18. The van der Waals surface area contributed by atoms with Crippen LogP contribution in [0.25, 0.3) is 0 Å². The molecule has 2 aromatic rings. The molecule has 0 saturated heterocycles. The molecule has 0 fully saturated rings. The number of hydrogen-bond acceptors (Lipinski definition) is 3. The van der Waals surface area contributed by atoms with Gasteiger partial charge in [0.15, 0.2) is 0 Å². The van der Waals surface area contributed by atoms with Gasteiger partial charge in [-0.1, -0.05) is 94.2 Å². The molecule has 182 valence electrons. The first-order valence-corrected chi connectivity index (χ1v) is 13.2. The number of aromatic nitrogens is 1. The van der Waals surface area contributed by atoms with Crippen LogP contribution in [0.2, 0.25) is 0 Å². The Labute approximate surface area is 202 Å². The van der Waals surface area contributed by atoms with Gasteiger partial charge in [0.25, 0.3) is 0 Å². The number of carbonyl (C=O) groups excluding carboxylic acids is 1. The minimum absolute atomic E-state index is 0.320. The summed E-state index contributed by atoms with van der Waals surface area (Å²) >= 11 is 0. The van der Waals surface area contributed by atoms with Gasteiger partial charge in [-0.2, -0.15) is 0 Å². The van der Waals surface area contributed by atoms with E-state index in [-0.39, 0.29) is 0 Å². The second kappa shape index (κ2) is 17.2.